The fraction of sp³-hybridized carbons (Fsp3) is 0.308. The van der Waals surface area contributed by atoms with Crippen LogP contribution in [0.25, 0.3) is 11.3 Å². The van der Waals surface area contributed by atoms with Gasteiger partial charge in [-0.05, 0) is 18.2 Å². The van der Waals surface area contributed by atoms with Crippen molar-refractivity contribution in [3.05, 3.63) is 35.4 Å². The first kappa shape index (κ1) is 15.1. The fourth-order valence-corrected chi connectivity index (χ4v) is 2.03. The van der Waals surface area contributed by atoms with E-state index >= 15 is 0 Å². The van der Waals surface area contributed by atoms with Crippen molar-refractivity contribution in [2.24, 2.45) is 0 Å². The Hall–Kier alpha value is -2.25. The zero-order valence-electron chi connectivity index (χ0n) is 11.4. The molecule has 2 rings (SSSR count). The van der Waals surface area contributed by atoms with E-state index in [0.29, 0.717) is 11.9 Å². The number of imidazole rings is 1. The molecular weight excluding hydrogens is 288 g/mol. The lowest BCUT2D eigenvalue weighted by atomic mass is 10.0. The van der Waals surface area contributed by atoms with E-state index in [1.165, 1.54) is 0 Å². The molecule has 0 radical (unpaired) electrons. The SMILES string of the molecule is CC(C)c1nc(-c2ccc(F)cc2C(F)(F)F)c(N)n1N. The monoisotopic (exact) mass is 302 g/mol. The average Bonchev–Trinajstić information content (AvgIpc) is 2.66. The van der Waals surface area contributed by atoms with Crippen LogP contribution in [-0.4, -0.2) is 9.66 Å². The molecule has 1 aromatic carbocycles. The molecule has 4 N–H and O–H groups in total. The van der Waals surface area contributed by atoms with Gasteiger partial charge in [0.1, 0.15) is 17.3 Å². The van der Waals surface area contributed by atoms with E-state index < -0.39 is 17.6 Å². The van der Waals surface area contributed by atoms with Crippen LogP contribution >= 0.6 is 0 Å². The van der Waals surface area contributed by atoms with Crippen LogP contribution in [0.5, 0.6) is 0 Å². The van der Waals surface area contributed by atoms with Crippen LogP contribution in [0.3, 0.4) is 0 Å². The van der Waals surface area contributed by atoms with Crippen LogP contribution in [0.1, 0.15) is 31.2 Å². The molecule has 0 amide bonds. The van der Waals surface area contributed by atoms with Gasteiger partial charge in [0, 0.05) is 11.5 Å². The molecule has 0 unspecified atom stereocenters. The Morgan fingerprint density at radius 2 is 1.86 bits per heavy atom. The first-order chi connectivity index (χ1) is 9.62. The molecule has 0 aliphatic heterocycles. The topological polar surface area (TPSA) is 69.9 Å². The average molecular weight is 302 g/mol. The molecule has 0 atom stereocenters. The molecule has 0 saturated carbocycles. The third-order valence-corrected chi connectivity index (χ3v) is 3.03. The third kappa shape index (κ3) is 2.65. The minimum absolute atomic E-state index is 0.101. The molecule has 114 valence electrons. The number of benzene rings is 1. The second-order valence-electron chi connectivity index (χ2n) is 4.92. The van der Waals surface area contributed by atoms with Crippen molar-refractivity contribution >= 4 is 5.82 Å². The predicted octanol–water partition coefficient (Wildman–Crippen LogP) is 3.13. The van der Waals surface area contributed by atoms with Gasteiger partial charge in [0.2, 0.25) is 0 Å². The smallest absolute Gasteiger partial charge is 0.382 e. The number of halogens is 4. The van der Waals surface area contributed by atoms with E-state index in [9.17, 15) is 17.6 Å². The largest absolute Gasteiger partial charge is 0.417 e. The summed E-state index contributed by atoms with van der Waals surface area (Å²) in [4.78, 5) is 4.07. The van der Waals surface area contributed by atoms with Crippen LogP contribution in [0.2, 0.25) is 0 Å². The highest BCUT2D eigenvalue weighted by atomic mass is 19.4. The van der Waals surface area contributed by atoms with Gasteiger partial charge in [-0.2, -0.15) is 13.2 Å². The third-order valence-electron chi connectivity index (χ3n) is 3.03. The molecular formula is C13H14F4N4. The highest BCUT2D eigenvalue weighted by Gasteiger charge is 2.35. The molecule has 4 nitrogen and oxygen atoms in total. The highest BCUT2D eigenvalue weighted by Crippen LogP contribution is 2.39. The maximum atomic E-state index is 13.1. The summed E-state index contributed by atoms with van der Waals surface area (Å²) < 4.78 is 53.3. The van der Waals surface area contributed by atoms with Gasteiger partial charge in [0.05, 0.1) is 5.56 Å². The Balaban J connectivity index is 2.71. The van der Waals surface area contributed by atoms with E-state index in [-0.39, 0.29) is 23.0 Å². The van der Waals surface area contributed by atoms with Crippen molar-refractivity contribution in [1.29, 1.82) is 0 Å². The first-order valence-corrected chi connectivity index (χ1v) is 6.13. The molecule has 0 saturated heterocycles. The lowest BCUT2D eigenvalue weighted by Crippen LogP contribution is -2.16. The Morgan fingerprint density at radius 3 is 2.33 bits per heavy atom. The maximum Gasteiger partial charge on any atom is 0.417 e. The summed E-state index contributed by atoms with van der Waals surface area (Å²) in [6.45, 7) is 3.56. The van der Waals surface area contributed by atoms with Crippen molar-refractivity contribution in [3.8, 4) is 11.3 Å². The fourth-order valence-electron chi connectivity index (χ4n) is 2.03. The van der Waals surface area contributed by atoms with Gasteiger partial charge in [-0.3, -0.25) is 0 Å². The number of hydrogen-bond donors (Lipinski definition) is 2. The van der Waals surface area contributed by atoms with Gasteiger partial charge in [-0.25, -0.2) is 14.1 Å². The standard InChI is InChI=1S/C13H14F4N4/c1-6(2)12-20-10(11(18)21(12)19)8-4-3-7(14)5-9(8)13(15,16)17/h3-6H,18-19H2,1-2H3. The van der Waals surface area contributed by atoms with Crippen molar-refractivity contribution in [2.45, 2.75) is 25.9 Å². The summed E-state index contributed by atoms with van der Waals surface area (Å²) in [5.74, 6) is 4.84. The Morgan fingerprint density at radius 1 is 1.24 bits per heavy atom. The number of hydrogen-bond acceptors (Lipinski definition) is 3. The molecule has 0 aliphatic rings. The van der Waals surface area contributed by atoms with Crippen LogP contribution in [0.4, 0.5) is 23.4 Å². The minimum Gasteiger partial charge on any atom is -0.382 e. The van der Waals surface area contributed by atoms with Gasteiger partial charge >= 0.3 is 6.18 Å². The van der Waals surface area contributed by atoms with Gasteiger partial charge < -0.3 is 11.6 Å². The number of alkyl halides is 3. The minimum atomic E-state index is -4.72. The van der Waals surface area contributed by atoms with Crippen LogP contribution in [0.15, 0.2) is 18.2 Å². The van der Waals surface area contributed by atoms with Crippen molar-refractivity contribution in [1.82, 2.24) is 9.66 Å². The second kappa shape index (κ2) is 4.94. The molecule has 0 aliphatic carbocycles. The van der Waals surface area contributed by atoms with Gasteiger partial charge in [0.15, 0.2) is 5.82 Å². The number of nitrogen functional groups attached to an aromatic ring is 2. The quantitative estimate of drug-likeness (QED) is 0.661. The molecule has 0 bridgehead atoms. The van der Waals surface area contributed by atoms with Crippen molar-refractivity contribution in [2.75, 3.05) is 11.6 Å². The lowest BCUT2D eigenvalue weighted by Gasteiger charge is -2.12. The van der Waals surface area contributed by atoms with Crippen LogP contribution < -0.4 is 11.6 Å². The number of rotatable bonds is 2. The molecule has 21 heavy (non-hydrogen) atoms. The van der Waals surface area contributed by atoms with Gasteiger partial charge in [-0.1, -0.05) is 13.8 Å². The predicted molar refractivity (Wildman–Crippen MR) is 71.3 cm³/mol. The van der Waals surface area contributed by atoms with E-state index in [1.54, 1.807) is 13.8 Å². The van der Waals surface area contributed by atoms with E-state index in [4.69, 9.17) is 11.6 Å². The molecule has 1 heterocycles. The summed E-state index contributed by atoms with van der Waals surface area (Å²) in [6, 6.07) is 2.34. The Labute approximate surface area is 118 Å². The summed E-state index contributed by atoms with van der Waals surface area (Å²) >= 11 is 0. The van der Waals surface area contributed by atoms with Crippen molar-refractivity contribution in [3.63, 3.8) is 0 Å². The van der Waals surface area contributed by atoms with Gasteiger partial charge in [-0.15, -0.1) is 0 Å². The Kier molecular flexibility index (Phi) is 3.56. The molecule has 8 heteroatoms. The number of nitrogens with zero attached hydrogens (tertiary/aromatic N) is 2. The summed E-state index contributed by atoms with van der Waals surface area (Å²) in [5.41, 5.74) is 4.20. The normalized spacial score (nSPS) is 12.1. The molecule has 1 aromatic heterocycles. The zero-order chi connectivity index (χ0) is 15.9. The summed E-state index contributed by atoms with van der Waals surface area (Å²) in [5, 5.41) is 0. The van der Waals surface area contributed by atoms with Crippen LogP contribution in [0, 0.1) is 5.82 Å². The Bertz CT molecular complexity index is 674. The zero-order valence-corrected chi connectivity index (χ0v) is 11.4. The number of aromatic nitrogens is 2. The van der Waals surface area contributed by atoms with Crippen LogP contribution in [-0.2, 0) is 6.18 Å². The van der Waals surface area contributed by atoms with Crippen molar-refractivity contribution < 1.29 is 17.6 Å². The van der Waals surface area contributed by atoms with E-state index in [0.717, 1.165) is 16.8 Å². The summed E-state index contributed by atoms with van der Waals surface area (Å²) in [6.07, 6.45) is -4.72. The number of nitrogens with two attached hydrogens (primary N) is 2. The molecule has 0 spiro atoms. The second-order valence-corrected chi connectivity index (χ2v) is 4.92. The molecule has 2 aromatic rings. The van der Waals surface area contributed by atoms with E-state index in [2.05, 4.69) is 4.98 Å². The highest BCUT2D eigenvalue weighted by molar-refractivity contribution is 5.74. The van der Waals surface area contributed by atoms with E-state index in [1.807, 2.05) is 0 Å². The maximum absolute atomic E-state index is 13.1. The summed E-state index contributed by atoms with van der Waals surface area (Å²) in [7, 11) is 0. The van der Waals surface area contributed by atoms with Gasteiger partial charge in [0.25, 0.3) is 0 Å². The first-order valence-electron chi connectivity index (χ1n) is 6.13. The molecule has 0 fully saturated rings. The lowest BCUT2D eigenvalue weighted by molar-refractivity contribution is -0.137. The number of anilines is 1.